The lowest BCUT2D eigenvalue weighted by Gasteiger charge is -2.31. The quantitative estimate of drug-likeness (QED) is 0.581. The highest BCUT2D eigenvalue weighted by molar-refractivity contribution is 6.00. The molecule has 1 atom stereocenters. The van der Waals surface area contributed by atoms with Gasteiger partial charge in [0.15, 0.2) is 0 Å². The molecule has 5 heteroatoms. The number of hydrogen-bond donors (Lipinski definition) is 2. The number of hydrogen-bond acceptors (Lipinski definition) is 4. The van der Waals surface area contributed by atoms with Crippen molar-refractivity contribution >= 4 is 11.8 Å². The molecule has 0 spiro atoms. The van der Waals surface area contributed by atoms with Gasteiger partial charge in [0.2, 0.25) is 11.8 Å². The Morgan fingerprint density at radius 3 is 3.00 bits per heavy atom. The van der Waals surface area contributed by atoms with Crippen molar-refractivity contribution in [3.8, 4) is 11.8 Å². The minimum atomic E-state index is -0.333. The highest BCUT2D eigenvalue weighted by Crippen LogP contribution is 2.12. The van der Waals surface area contributed by atoms with Gasteiger partial charge in [-0.25, -0.2) is 0 Å². The summed E-state index contributed by atoms with van der Waals surface area (Å²) in [6.07, 6.45) is 0. The van der Waals surface area contributed by atoms with Gasteiger partial charge in [0.1, 0.15) is 6.61 Å². The van der Waals surface area contributed by atoms with E-state index in [0.29, 0.717) is 6.54 Å². The number of aliphatic hydroxyl groups is 1. The molecule has 0 saturated carbocycles. The van der Waals surface area contributed by atoms with Crippen molar-refractivity contribution in [2.45, 2.75) is 19.5 Å². The molecule has 2 N–H and O–H groups in total. The molecule has 2 amide bonds. The van der Waals surface area contributed by atoms with E-state index in [4.69, 9.17) is 5.11 Å². The van der Waals surface area contributed by atoms with Crippen LogP contribution in [-0.2, 0) is 16.1 Å². The number of carbonyl (C=O) groups excluding carboxylic acids is 2. The lowest BCUT2D eigenvalue weighted by molar-refractivity contribution is -0.139. The van der Waals surface area contributed by atoms with Gasteiger partial charge in [0, 0.05) is 12.1 Å². The highest BCUT2D eigenvalue weighted by Gasteiger charge is 2.29. The Labute approximate surface area is 117 Å². The van der Waals surface area contributed by atoms with Crippen molar-refractivity contribution in [1.29, 1.82) is 0 Å². The first-order chi connectivity index (χ1) is 9.60. The summed E-state index contributed by atoms with van der Waals surface area (Å²) in [6, 6.07) is 7.21. The van der Waals surface area contributed by atoms with Gasteiger partial charge in [-0.2, -0.15) is 0 Å². The molecule has 104 valence electrons. The van der Waals surface area contributed by atoms with Crippen LogP contribution in [0.2, 0.25) is 0 Å². The van der Waals surface area contributed by atoms with Gasteiger partial charge in [-0.05, 0) is 24.6 Å². The zero-order chi connectivity index (χ0) is 14.5. The molecule has 1 aliphatic heterocycles. The fraction of sp³-hybridized carbons (Fsp3) is 0.333. The van der Waals surface area contributed by atoms with E-state index in [1.165, 1.54) is 0 Å². The maximum Gasteiger partial charge on any atom is 0.243 e. The lowest BCUT2D eigenvalue weighted by Crippen LogP contribution is -2.56. The molecule has 0 aliphatic carbocycles. The maximum absolute atomic E-state index is 11.6. The maximum atomic E-state index is 11.6. The van der Waals surface area contributed by atoms with Crippen LogP contribution in [0.25, 0.3) is 0 Å². The number of aliphatic hydroxyl groups excluding tert-OH is 1. The summed E-state index contributed by atoms with van der Waals surface area (Å²) < 4.78 is 0. The van der Waals surface area contributed by atoms with Crippen LogP contribution in [0, 0.1) is 11.8 Å². The second kappa shape index (κ2) is 6.33. The van der Waals surface area contributed by atoms with Crippen LogP contribution in [0.4, 0.5) is 0 Å². The first-order valence-corrected chi connectivity index (χ1v) is 6.36. The Kier molecular flexibility index (Phi) is 4.51. The summed E-state index contributed by atoms with van der Waals surface area (Å²) in [6.45, 7) is 2.31. The number of nitrogens with one attached hydrogen (secondary N) is 1. The smallest absolute Gasteiger partial charge is 0.243 e. The average Bonchev–Trinajstić information content (AvgIpc) is 2.42. The summed E-state index contributed by atoms with van der Waals surface area (Å²) in [5, 5.41) is 11.0. The average molecular weight is 272 g/mol. The number of imide groups is 1. The first kappa shape index (κ1) is 14.3. The Bertz CT molecular complexity index is 586. The summed E-state index contributed by atoms with van der Waals surface area (Å²) >= 11 is 0. The second-order valence-corrected chi connectivity index (χ2v) is 4.65. The molecule has 1 saturated heterocycles. The van der Waals surface area contributed by atoms with E-state index in [1.807, 2.05) is 29.2 Å². The molecule has 1 heterocycles. The topological polar surface area (TPSA) is 69.6 Å². The normalized spacial score (nSPS) is 19.2. The van der Waals surface area contributed by atoms with Gasteiger partial charge < -0.3 is 5.11 Å². The van der Waals surface area contributed by atoms with Crippen molar-refractivity contribution < 1.29 is 14.7 Å². The molecule has 2 rings (SSSR count). The minimum absolute atomic E-state index is 0.179. The van der Waals surface area contributed by atoms with Gasteiger partial charge in [-0.15, -0.1) is 0 Å². The standard InChI is InChI=1S/C15H16N2O3/c1-11-15(20)16-14(19)10-17(11)9-13-5-2-4-12(8-13)6-3-7-18/h2,4-5,8,11,18H,7,9-10H2,1H3,(H,16,19,20). The SMILES string of the molecule is CC1C(=O)NC(=O)CN1Cc1cccc(C#CCO)c1. The Morgan fingerprint density at radius 1 is 1.45 bits per heavy atom. The van der Waals surface area contributed by atoms with Crippen LogP contribution < -0.4 is 5.32 Å². The van der Waals surface area contributed by atoms with E-state index in [9.17, 15) is 9.59 Å². The number of carbonyl (C=O) groups is 2. The molecule has 20 heavy (non-hydrogen) atoms. The monoisotopic (exact) mass is 272 g/mol. The van der Waals surface area contributed by atoms with Crippen LogP contribution >= 0.6 is 0 Å². The van der Waals surface area contributed by atoms with Crippen LogP contribution in [0.15, 0.2) is 24.3 Å². The van der Waals surface area contributed by atoms with Crippen molar-refractivity contribution in [2.75, 3.05) is 13.2 Å². The second-order valence-electron chi connectivity index (χ2n) is 4.65. The summed E-state index contributed by atoms with van der Waals surface area (Å²) in [7, 11) is 0. The Hall–Kier alpha value is -2.16. The molecular weight excluding hydrogens is 256 g/mol. The molecule has 1 aromatic rings. The molecule has 0 radical (unpaired) electrons. The van der Waals surface area contributed by atoms with E-state index < -0.39 is 0 Å². The van der Waals surface area contributed by atoms with Crippen LogP contribution in [0.1, 0.15) is 18.1 Å². The number of piperazine rings is 1. The molecule has 0 bridgehead atoms. The molecular formula is C15H16N2O3. The van der Waals surface area contributed by atoms with Crippen molar-refractivity contribution in [2.24, 2.45) is 0 Å². The fourth-order valence-corrected chi connectivity index (χ4v) is 2.08. The lowest BCUT2D eigenvalue weighted by atomic mass is 10.1. The van der Waals surface area contributed by atoms with Crippen molar-refractivity contribution in [3.05, 3.63) is 35.4 Å². The zero-order valence-corrected chi connectivity index (χ0v) is 11.2. The Morgan fingerprint density at radius 2 is 2.25 bits per heavy atom. The van der Waals surface area contributed by atoms with E-state index in [1.54, 1.807) is 6.92 Å². The molecule has 1 fully saturated rings. The van der Waals surface area contributed by atoms with Gasteiger partial charge in [0.05, 0.1) is 12.6 Å². The summed E-state index contributed by atoms with van der Waals surface area (Å²) in [5.41, 5.74) is 1.78. The van der Waals surface area contributed by atoms with E-state index in [2.05, 4.69) is 17.2 Å². The largest absolute Gasteiger partial charge is 0.384 e. The van der Waals surface area contributed by atoms with Gasteiger partial charge in [-0.3, -0.25) is 19.8 Å². The fourth-order valence-electron chi connectivity index (χ4n) is 2.08. The molecule has 1 unspecified atom stereocenters. The molecule has 0 aromatic heterocycles. The number of amides is 2. The van der Waals surface area contributed by atoms with Crippen molar-refractivity contribution in [1.82, 2.24) is 10.2 Å². The predicted octanol–water partition coefficient (Wildman–Crippen LogP) is -0.123. The third-order valence-corrected chi connectivity index (χ3v) is 3.16. The van der Waals surface area contributed by atoms with Gasteiger partial charge in [0.25, 0.3) is 0 Å². The molecule has 1 aromatic carbocycles. The molecule has 1 aliphatic rings. The summed E-state index contributed by atoms with van der Waals surface area (Å²) in [4.78, 5) is 24.8. The number of nitrogens with zero attached hydrogens (tertiary/aromatic N) is 1. The van der Waals surface area contributed by atoms with Crippen molar-refractivity contribution in [3.63, 3.8) is 0 Å². The Balaban J connectivity index is 2.12. The van der Waals surface area contributed by atoms with Crippen LogP contribution in [0.3, 0.4) is 0 Å². The van der Waals surface area contributed by atoms with E-state index in [0.717, 1.165) is 11.1 Å². The molecule has 5 nitrogen and oxygen atoms in total. The van der Waals surface area contributed by atoms with Gasteiger partial charge >= 0.3 is 0 Å². The number of benzene rings is 1. The summed E-state index contributed by atoms with van der Waals surface area (Å²) in [5.74, 6) is 4.89. The van der Waals surface area contributed by atoms with E-state index >= 15 is 0 Å². The first-order valence-electron chi connectivity index (χ1n) is 6.36. The third kappa shape index (κ3) is 3.44. The zero-order valence-electron chi connectivity index (χ0n) is 11.2. The number of rotatable bonds is 2. The van der Waals surface area contributed by atoms with Gasteiger partial charge in [-0.1, -0.05) is 24.0 Å². The van der Waals surface area contributed by atoms with Crippen LogP contribution in [-0.4, -0.2) is 41.0 Å². The minimum Gasteiger partial charge on any atom is -0.384 e. The van der Waals surface area contributed by atoms with E-state index in [-0.39, 0.29) is 31.0 Å². The third-order valence-electron chi connectivity index (χ3n) is 3.16. The predicted molar refractivity (Wildman–Crippen MR) is 73.4 cm³/mol. The highest BCUT2D eigenvalue weighted by atomic mass is 16.2. The van der Waals surface area contributed by atoms with Crippen LogP contribution in [0.5, 0.6) is 0 Å².